The summed E-state index contributed by atoms with van der Waals surface area (Å²) in [6, 6.07) is 8.44. The lowest BCUT2D eigenvalue weighted by Gasteiger charge is -2.33. The van der Waals surface area contributed by atoms with Crippen LogP contribution in [0.3, 0.4) is 0 Å². The number of nitrogens with zero attached hydrogens (tertiary/aromatic N) is 6. The molecule has 0 radical (unpaired) electrons. The number of hydrogen-bond donors (Lipinski definition) is 2. The van der Waals surface area contributed by atoms with Crippen LogP contribution in [-0.4, -0.2) is 53.4 Å². The number of aromatic amines is 1. The fourth-order valence-corrected chi connectivity index (χ4v) is 4.34. The van der Waals surface area contributed by atoms with Crippen LogP contribution in [0.4, 0.5) is 5.82 Å². The Labute approximate surface area is 173 Å². The molecule has 2 N–H and O–H groups in total. The van der Waals surface area contributed by atoms with Gasteiger partial charge in [-0.15, -0.1) is 0 Å². The predicted molar refractivity (Wildman–Crippen MR) is 114 cm³/mol. The maximum atomic E-state index is 11.7. The lowest BCUT2D eigenvalue weighted by atomic mass is 10.0. The fourth-order valence-electron chi connectivity index (χ4n) is 4.34. The highest BCUT2D eigenvalue weighted by atomic mass is 16.2. The Morgan fingerprint density at radius 2 is 2.00 bits per heavy atom. The summed E-state index contributed by atoms with van der Waals surface area (Å²) in [6.45, 7) is 5.28. The van der Waals surface area contributed by atoms with E-state index in [9.17, 15) is 4.79 Å². The van der Waals surface area contributed by atoms with E-state index in [1.807, 2.05) is 23.1 Å². The Kier molecular flexibility index (Phi) is 4.57. The Bertz CT molecular complexity index is 1200. The molecule has 1 unspecified atom stereocenters. The molecule has 0 saturated carbocycles. The monoisotopic (exact) mass is 404 g/mol. The number of para-hydroxylation sites is 2. The molecule has 1 amide bonds. The third kappa shape index (κ3) is 3.16. The van der Waals surface area contributed by atoms with Gasteiger partial charge in [-0.05, 0) is 31.9 Å². The molecule has 9 nitrogen and oxygen atoms in total. The van der Waals surface area contributed by atoms with Crippen LogP contribution in [0.25, 0.3) is 22.2 Å². The van der Waals surface area contributed by atoms with Crippen LogP contribution in [-0.2, 0) is 4.79 Å². The molecule has 1 aliphatic rings. The zero-order valence-electron chi connectivity index (χ0n) is 17.0. The van der Waals surface area contributed by atoms with Crippen molar-refractivity contribution < 1.29 is 4.79 Å². The molecule has 9 heteroatoms. The first-order chi connectivity index (χ1) is 14.6. The standard InChI is InChI=1S/C21H24N8O/c1-13(26-20-18-19(23-11-22-18)24-12-25-20)21-27-16-5-3-4-6-17(16)29(21)15-7-9-28(10-8-15)14(2)30/h3-6,11-13,15H,7-10H2,1-2H3,(H2,22,23,24,25,26). The van der Waals surface area contributed by atoms with Gasteiger partial charge in [-0.25, -0.2) is 19.9 Å². The molecule has 1 aromatic carbocycles. The van der Waals surface area contributed by atoms with Crippen LogP contribution in [0, 0.1) is 0 Å². The molecule has 154 valence electrons. The molecule has 1 atom stereocenters. The van der Waals surface area contributed by atoms with Crippen LogP contribution < -0.4 is 5.32 Å². The molecule has 3 aromatic heterocycles. The van der Waals surface area contributed by atoms with Crippen LogP contribution >= 0.6 is 0 Å². The first-order valence-corrected chi connectivity index (χ1v) is 10.2. The maximum absolute atomic E-state index is 11.7. The highest BCUT2D eigenvalue weighted by Crippen LogP contribution is 2.32. The Balaban J connectivity index is 1.50. The summed E-state index contributed by atoms with van der Waals surface area (Å²) in [7, 11) is 0. The van der Waals surface area contributed by atoms with Gasteiger partial charge in [-0.1, -0.05) is 12.1 Å². The number of fused-ring (bicyclic) bond motifs is 2. The second-order valence-corrected chi connectivity index (χ2v) is 7.76. The van der Waals surface area contributed by atoms with E-state index in [0.717, 1.165) is 48.3 Å². The first kappa shape index (κ1) is 18.5. The average Bonchev–Trinajstić information content (AvgIpc) is 3.39. The minimum absolute atomic E-state index is 0.0790. The van der Waals surface area contributed by atoms with E-state index in [4.69, 9.17) is 4.98 Å². The lowest BCUT2D eigenvalue weighted by Crippen LogP contribution is -2.38. The maximum Gasteiger partial charge on any atom is 0.219 e. The van der Waals surface area contributed by atoms with E-state index in [0.29, 0.717) is 17.5 Å². The summed E-state index contributed by atoms with van der Waals surface area (Å²) in [4.78, 5) is 34.5. The van der Waals surface area contributed by atoms with Crippen molar-refractivity contribution in [1.82, 2.24) is 34.4 Å². The second kappa shape index (κ2) is 7.40. The fraction of sp³-hybridized carbons (Fsp3) is 0.381. The minimum atomic E-state index is -0.0790. The van der Waals surface area contributed by atoms with Crippen LogP contribution in [0.5, 0.6) is 0 Å². The number of rotatable bonds is 4. The van der Waals surface area contributed by atoms with Gasteiger partial charge in [0.1, 0.15) is 17.7 Å². The largest absolute Gasteiger partial charge is 0.358 e. The Morgan fingerprint density at radius 3 is 2.80 bits per heavy atom. The normalized spacial score (nSPS) is 16.3. The molecule has 4 heterocycles. The highest BCUT2D eigenvalue weighted by molar-refractivity contribution is 5.82. The van der Waals surface area contributed by atoms with Gasteiger partial charge in [0.05, 0.1) is 23.4 Å². The summed E-state index contributed by atoms with van der Waals surface area (Å²) in [5, 5.41) is 3.48. The van der Waals surface area contributed by atoms with Crippen molar-refractivity contribution in [3.8, 4) is 0 Å². The lowest BCUT2D eigenvalue weighted by molar-refractivity contribution is -0.130. The predicted octanol–water partition coefficient (Wildman–Crippen LogP) is 3.06. The smallest absolute Gasteiger partial charge is 0.219 e. The number of imidazole rings is 2. The number of nitrogens with one attached hydrogen (secondary N) is 2. The average molecular weight is 404 g/mol. The van der Waals surface area contributed by atoms with Crippen LogP contribution in [0.1, 0.15) is 44.6 Å². The van der Waals surface area contributed by atoms with Gasteiger partial charge in [0.25, 0.3) is 0 Å². The molecule has 30 heavy (non-hydrogen) atoms. The number of H-pyrrole nitrogens is 1. The molecule has 1 aliphatic heterocycles. The van der Waals surface area contributed by atoms with Gasteiger partial charge in [0.15, 0.2) is 11.5 Å². The zero-order chi connectivity index (χ0) is 20.7. The first-order valence-electron chi connectivity index (χ1n) is 10.2. The van der Waals surface area contributed by atoms with Crippen molar-refractivity contribution >= 4 is 33.9 Å². The van der Waals surface area contributed by atoms with Crippen molar-refractivity contribution in [3.63, 3.8) is 0 Å². The number of piperidine rings is 1. The molecule has 0 bridgehead atoms. The third-order valence-electron chi connectivity index (χ3n) is 5.86. The summed E-state index contributed by atoms with van der Waals surface area (Å²) < 4.78 is 2.34. The Hall–Kier alpha value is -3.49. The van der Waals surface area contributed by atoms with E-state index in [-0.39, 0.29) is 11.9 Å². The molecule has 4 aromatic rings. The van der Waals surface area contributed by atoms with E-state index < -0.39 is 0 Å². The topological polar surface area (TPSA) is 105 Å². The van der Waals surface area contributed by atoms with Gasteiger partial charge in [0, 0.05) is 26.1 Å². The van der Waals surface area contributed by atoms with Crippen molar-refractivity contribution in [2.45, 2.75) is 38.8 Å². The summed E-state index contributed by atoms with van der Waals surface area (Å²) in [5.74, 6) is 1.81. The summed E-state index contributed by atoms with van der Waals surface area (Å²) in [6.07, 6.45) is 4.96. The molecular weight excluding hydrogens is 380 g/mol. The number of carbonyl (C=O) groups is 1. The van der Waals surface area contributed by atoms with E-state index >= 15 is 0 Å². The van der Waals surface area contributed by atoms with E-state index in [1.165, 1.54) is 6.33 Å². The molecule has 1 saturated heterocycles. The number of aromatic nitrogens is 6. The van der Waals surface area contributed by atoms with E-state index in [1.54, 1.807) is 13.3 Å². The molecule has 5 rings (SSSR count). The van der Waals surface area contributed by atoms with Crippen molar-refractivity contribution in [3.05, 3.63) is 42.7 Å². The second-order valence-electron chi connectivity index (χ2n) is 7.76. The van der Waals surface area contributed by atoms with Gasteiger partial charge < -0.3 is 19.8 Å². The summed E-state index contributed by atoms with van der Waals surface area (Å²) >= 11 is 0. The zero-order valence-corrected chi connectivity index (χ0v) is 17.0. The molecule has 0 aliphatic carbocycles. The molecule has 0 spiro atoms. The van der Waals surface area contributed by atoms with Gasteiger partial charge >= 0.3 is 0 Å². The van der Waals surface area contributed by atoms with Crippen molar-refractivity contribution in [2.75, 3.05) is 18.4 Å². The highest BCUT2D eigenvalue weighted by Gasteiger charge is 2.27. The number of anilines is 1. The van der Waals surface area contributed by atoms with Gasteiger partial charge in [-0.3, -0.25) is 4.79 Å². The number of likely N-dealkylation sites (tertiary alicyclic amines) is 1. The number of benzene rings is 1. The summed E-state index contributed by atoms with van der Waals surface area (Å²) in [5.41, 5.74) is 3.51. The van der Waals surface area contributed by atoms with Crippen molar-refractivity contribution in [1.29, 1.82) is 0 Å². The van der Waals surface area contributed by atoms with Crippen molar-refractivity contribution in [2.24, 2.45) is 0 Å². The molecule has 1 fully saturated rings. The quantitative estimate of drug-likeness (QED) is 0.542. The van der Waals surface area contributed by atoms with Crippen LogP contribution in [0.2, 0.25) is 0 Å². The van der Waals surface area contributed by atoms with Gasteiger partial charge in [0.2, 0.25) is 5.91 Å². The molecular formula is C21H24N8O. The minimum Gasteiger partial charge on any atom is -0.358 e. The number of amides is 1. The SMILES string of the molecule is CC(=O)N1CCC(n2c(C(C)Nc3ncnc4nc[nH]c34)nc3ccccc32)CC1. The van der Waals surface area contributed by atoms with Crippen LogP contribution in [0.15, 0.2) is 36.9 Å². The van der Waals surface area contributed by atoms with Gasteiger partial charge in [-0.2, -0.15) is 0 Å². The third-order valence-corrected chi connectivity index (χ3v) is 5.86. The number of hydrogen-bond acceptors (Lipinski definition) is 6. The number of carbonyl (C=O) groups excluding carboxylic acids is 1. The van der Waals surface area contributed by atoms with E-state index in [2.05, 4.69) is 42.8 Å². The Morgan fingerprint density at radius 1 is 1.20 bits per heavy atom.